The molecule has 2 bridgehead atoms. The fraction of sp³-hybridized carbons (Fsp3) is 0.571. The van der Waals surface area contributed by atoms with E-state index in [0.717, 1.165) is 36.0 Å². The Balaban J connectivity index is 1.45. The number of amides is 1. The van der Waals surface area contributed by atoms with Crippen LogP contribution in [0.4, 0.5) is 0 Å². The number of fused-ring (bicyclic) bond motifs is 2. The second kappa shape index (κ2) is 8.11. The summed E-state index contributed by atoms with van der Waals surface area (Å²) in [4.78, 5) is 36.4. The van der Waals surface area contributed by atoms with Gasteiger partial charge in [0, 0.05) is 18.4 Å². The van der Waals surface area contributed by atoms with Gasteiger partial charge in [0.2, 0.25) is 0 Å². The number of benzene rings is 1. The first-order valence-corrected chi connectivity index (χ1v) is 9.61. The monoisotopic (exact) mass is 373 g/mol. The standard InChI is InChI=1S/C21H27NO5/c1-12-6-14(7-13(2)19(12)24)10-22-18(23)11-27-21(26)17-8-15-4-3-5-16(9-17)20(15)25/h6-7,15-17,24H,3-5,8-11H2,1-2H3,(H,22,23)/t15-,16-/m1/s1. The second-order valence-electron chi connectivity index (χ2n) is 7.86. The van der Waals surface area contributed by atoms with Crippen LogP contribution in [0.5, 0.6) is 5.75 Å². The highest BCUT2D eigenvalue weighted by Crippen LogP contribution is 2.40. The van der Waals surface area contributed by atoms with Crippen molar-refractivity contribution in [2.24, 2.45) is 17.8 Å². The predicted molar refractivity (Wildman–Crippen MR) is 98.9 cm³/mol. The molecule has 3 rings (SSSR count). The first-order chi connectivity index (χ1) is 12.8. The van der Waals surface area contributed by atoms with Gasteiger partial charge in [-0.25, -0.2) is 0 Å². The third-order valence-corrected chi connectivity index (χ3v) is 5.77. The summed E-state index contributed by atoms with van der Waals surface area (Å²) in [6.07, 6.45) is 3.90. The predicted octanol–water partition coefficient (Wildman–Crippen LogP) is 2.56. The Labute approximate surface area is 159 Å². The number of esters is 1. The summed E-state index contributed by atoms with van der Waals surface area (Å²) in [5, 5.41) is 12.5. The first-order valence-electron chi connectivity index (χ1n) is 9.61. The molecular formula is C21H27NO5. The van der Waals surface area contributed by atoms with E-state index in [-0.39, 0.29) is 42.0 Å². The number of carbonyl (C=O) groups is 3. The molecule has 1 aromatic rings. The van der Waals surface area contributed by atoms with Gasteiger partial charge >= 0.3 is 5.97 Å². The highest BCUT2D eigenvalue weighted by molar-refractivity contribution is 5.88. The molecule has 2 saturated carbocycles. The molecule has 0 aromatic heterocycles. The molecule has 2 aliphatic rings. The molecule has 0 saturated heterocycles. The third kappa shape index (κ3) is 4.49. The maximum atomic E-state index is 12.3. The summed E-state index contributed by atoms with van der Waals surface area (Å²) in [5.41, 5.74) is 2.38. The molecule has 2 aliphatic carbocycles. The molecule has 146 valence electrons. The van der Waals surface area contributed by atoms with Gasteiger partial charge in [0.05, 0.1) is 5.92 Å². The number of phenols is 1. The molecule has 2 atom stereocenters. The third-order valence-electron chi connectivity index (χ3n) is 5.77. The van der Waals surface area contributed by atoms with Crippen LogP contribution in [0.15, 0.2) is 12.1 Å². The van der Waals surface area contributed by atoms with Crippen LogP contribution < -0.4 is 5.32 Å². The highest BCUT2D eigenvalue weighted by atomic mass is 16.5. The molecule has 2 N–H and O–H groups in total. The second-order valence-corrected chi connectivity index (χ2v) is 7.86. The Bertz CT molecular complexity index is 718. The largest absolute Gasteiger partial charge is 0.507 e. The number of hydrogen-bond acceptors (Lipinski definition) is 5. The van der Waals surface area contributed by atoms with Gasteiger partial charge in [-0.05, 0) is 56.2 Å². The van der Waals surface area contributed by atoms with Crippen LogP contribution in [0.25, 0.3) is 0 Å². The molecule has 2 fully saturated rings. The van der Waals surface area contributed by atoms with Crippen molar-refractivity contribution >= 4 is 17.7 Å². The Hall–Kier alpha value is -2.37. The molecule has 0 radical (unpaired) electrons. The van der Waals surface area contributed by atoms with Crippen molar-refractivity contribution in [1.82, 2.24) is 5.32 Å². The van der Waals surface area contributed by atoms with E-state index in [4.69, 9.17) is 4.74 Å². The van der Waals surface area contributed by atoms with E-state index in [1.807, 2.05) is 12.1 Å². The molecule has 6 nitrogen and oxygen atoms in total. The Morgan fingerprint density at radius 2 is 1.74 bits per heavy atom. The van der Waals surface area contributed by atoms with Crippen LogP contribution in [0.2, 0.25) is 0 Å². The summed E-state index contributed by atoms with van der Waals surface area (Å²) in [6, 6.07) is 3.62. The lowest BCUT2D eigenvalue weighted by molar-refractivity contribution is -0.156. The van der Waals surface area contributed by atoms with Crippen molar-refractivity contribution in [3.8, 4) is 5.75 Å². The number of phenolic OH excluding ortho intramolecular Hbond substituents is 1. The average molecular weight is 373 g/mol. The number of nitrogens with one attached hydrogen (secondary N) is 1. The van der Waals surface area contributed by atoms with Crippen molar-refractivity contribution in [3.63, 3.8) is 0 Å². The average Bonchev–Trinajstić information content (AvgIpc) is 2.62. The van der Waals surface area contributed by atoms with Gasteiger partial charge in [0.1, 0.15) is 11.5 Å². The van der Waals surface area contributed by atoms with Crippen LogP contribution in [0, 0.1) is 31.6 Å². The zero-order chi connectivity index (χ0) is 19.6. The SMILES string of the molecule is Cc1cc(CNC(=O)COC(=O)C2C[C@H]3CCC[C@H](C2)C3=O)cc(C)c1O. The number of ketones is 1. The fourth-order valence-corrected chi connectivity index (χ4v) is 4.33. The molecule has 27 heavy (non-hydrogen) atoms. The van der Waals surface area contributed by atoms with E-state index in [2.05, 4.69) is 5.32 Å². The quantitative estimate of drug-likeness (QED) is 0.774. The summed E-state index contributed by atoms with van der Waals surface area (Å²) in [6.45, 7) is 3.61. The lowest BCUT2D eigenvalue weighted by Gasteiger charge is -2.36. The van der Waals surface area contributed by atoms with Crippen molar-refractivity contribution < 1.29 is 24.2 Å². The number of aryl methyl sites for hydroxylation is 2. The minimum Gasteiger partial charge on any atom is -0.507 e. The minimum atomic E-state index is -0.370. The molecule has 0 spiro atoms. The molecule has 1 amide bonds. The van der Waals surface area contributed by atoms with Crippen LogP contribution in [0.3, 0.4) is 0 Å². The van der Waals surface area contributed by atoms with Crippen molar-refractivity contribution in [2.45, 2.75) is 52.5 Å². The summed E-state index contributed by atoms with van der Waals surface area (Å²) in [5.74, 6) is -0.454. The van der Waals surface area contributed by atoms with Crippen LogP contribution in [-0.2, 0) is 25.7 Å². The van der Waals surface area contributed by atoms with E-state index in [9.17, 15) is 19.5 Å². The smallest absolute Gasteiger partial charge is 0.309 e. The number of hydrogen-bond donors (Lipinski definition) is 2. The summed E-state index contributed by atoms with van der Waals surface area (Å²) in [7, 11) is 0. The van der Waals surface area contributed by atoms with E-state index in [1.54, 1.807) is 13.8 Å². The number of carbonyl (C=O) groups excluding carboxylic acids is 3. The first kappa shape index (κ1) is 19.4. The number of Topliss-reactive ketones (excluding diaryl/α,β-unsaturated/α-hetero) is 1. The van der Waals surface area contributed by atoms with E-state index >= 15 is 0 Å². The number of ether oxygens (including phenoxy) is 1. The topological polar surface area (TPSA) is 92.7 Å². The van der Waals surface area contributed by atoms with Gasteiger partial charge in [-0.1, -0.05) is 18.6 Å². The number of aromatic hydroxyl groups is 1. The maximum absolute atomic E-state index is 12.3. The molecule has 0 unspecified atom stereocenters. The minimum absolute atomic E-state index is 0.00940. The fourth-order valence-electron chi connectivity index (χ4n) is 4.33. The maximum Gasteiger partial charge on any atom is 0.309 e. The molecular weight excluding hydrogens is 346 g/mol. The van der Waals surface area contributed by atoms with Gasteiger partial charge in [0.15, 0.2) is 6.61 Å². The highest BCUT2D eigenvalue weighted by Gasteiger charge is 2.41. The molecule has 6 heteroatoms. The van der Waals surface area contributed by atoms with Crippen LogP contribution in [0.1, 0.15) is 48.8 Å². The van der Waals surface area contributed by atoms with E-state index in [0.29, 0.717) is 25.2 Å². The van der Waals surface area contributed by atoms with Crippen molar-refractivity contribution in [2.75, 3.05) is 6.61 Å². The van der Waals surface area contributed by atoms with Gasteiger partial charge < -0.3 is 15.2 Å². The lowest BCUT2D eigenvalue weighted by Crippen LogP contribution is -2.40. The van der Waals surface area contributed by atoms with E-state index in [1.165, 1.54) is 0 Å². The normalized spacial score (nSPS) is 24.4. The molecule has 0 heterocycles. The van der Waals surface area contributed by atoms with Crippen molar-refractivity contribution in [1.29, 1.82) is 0 Å². The Kier molecular flexibility index (Phi) is 5.82. The molecule has 0 aliphatic heterocycles. The number of rotatable bonds is 5. The van der Waals surface area contributed by atoms with Gasteiger partial charge in [-0.3, -0.25) is 14.4 Å². The summed E-state index contributed by atoms with van der Waals surface area (Å²) < 4.78 is 5.20. The summed E-state index contributed by atoms with van der Waals surface area (Å²) >= 11 is 0. The molecule has 1 aromatic carbocycles. The zero-order valence-electron chi connectivity index (χ0n) is 15.9. The van der Waals surface area contributed by atoms with E-state index < -0.39 is 0 Å². The Morgan fingerprint density at radius 1 is 1.15 bits per heavy atom. The zero-order valence-corrected chi connectivity index (χ0v) is 15.9. The van der Waals surface area contributed by atoms with Gasteiger partial charge in [0.25, 0.3) is 5.91 Å². The van der Waals surface area contributed by atoms with Gasteiger partial charge in [-0.2, -0.15) is 0 Å². The van der Waals surface area contributed by atoms with Gasteiger partial charge in [-0.15, -0.1) is 0 Å². The van der Waals surface area contributed by atoms with Crippen molar-refractivity contribution in [3.05, 3.63) is 28.8 Å². The Morgan fingerprint density at radius 3 is 2.33 bits per heavy atom. The van der Waals surface area contributed by atoms with Crippen LogP contribution >= 0.6 is 0 Å². The lowest BCUT2D eigenvalue weighted by atomic mass is 9.67. The van der Waals surface area contributed by atoms with Crippen LogP contribution in [-0.4, -0.2) is 29.4 Å².